The van der Waals surface area contributed by atoms with Crippen LogP contribution < -0.4 is 0 Å². The van der Waals surface area contributed by atoms with Gasteiger partial charge in [0.2, 0.25) is 0 Å². The monoisotopic (exact) mass is 329 g/mol. The van der Waals surface area contributed by atoms with Crippen molar-refractivity contribution in [3.63, 3.8) is 0 Å². The van der Waals surface area contributed by atoms with Gasteiger partial charge in [0.1, 0.15) is 6.10 Å². The number of hydrogen-bond acceptors (Lipinski definition) is 3. The zero-order chi connectivity index (χ0) is 16.1. The lowest BCUT2D eigenvalue weighted by molar-refractivity contribution is 0.0104. The number of carbonyl (C=O) groups is 1. The van der Waals surface area contributed by atoms with Gasteiger partial charge in [-0.25, -0.2) is 4.79 Å². The summed E-state index contributed by atoms with van der Waals surface area (Å²) in [5.41, 5.74) is 1.88. The second kappa shape index (κ2) is 7.62. The highest BCUT2D eigenvalue weighted by Gasteiger charge is 2.22. The number of piperidine rings is 1. The second-order valence-corrected chi connectivity index (χ2v) is 6.31. The van der Waals surface area contributed by atoms with Gasteiger partial charge < -0.3 is 4.74 Å². The lowest BCUT2D eigenvalue weighted by Gasteiger charge is -2.31. The molecule has 0 N–H and O–H groups in total. The molecule has 0 spiro atoms. The van der Waals surface area contributed by atoms with E-state index in [-0.39, 0.29) is 12.1 Å². The van der Waals surface area contributed by atoms with E-state index in [2.05, 4.69) is 17.0 Å². The van der Waals surface area contributed by atoms with Crippen molar-refractivity contribution in [2.75, 3.05) is 13.1 Å². The molecule has 1 fully saturated rings. The van der Waals surface area contributed by atoms with Crippen LogP contribution in [0.25, 0.3) is 0 Å². The van der Waals surface area contributed by atoms with Crippen LogP contribution in [0.4, 0.5) is 0 Å². The van der Waals surface area contributed by atoms with E-state index >= 15 is 0 Å². The van der Waals surface area contributed by atoms with Gasteiger partial charge in [-0.1, -0.05) is 41.9 Å². The summed E-state index contributed by atoms with van der Waals surface area (Å²) >= 11 is 5.91. The van der Waals surface area contributed by atoms with Gasteiger partial charge in [-0.3, -0.25) is 4.90 Å². The molecule has 0 saturated carbocycles. The molecule has 0 amide bonds. The topological polar surface area (TPSA) is 29.5 Å². The maximum atomic E-state index is 12.1. The van der Waals surface area contributed by atoms with Gasteiger partial charge in [0.05, 0.1) is 5.56 Å². The third kappa shape index (κ3) is 4.57. The van der Waals surface area contributed by atoms with Crippen LogP contribution in [-0.4, -0.2) is 30.1 Å². The molecule has 4 heteroatoms. The number of carbonyl (C=O) groups excluding carboxylic acids is 1. The first-order chi connectivity index (χ1) is 11.2. The summed E-state index contributed by atoms with van der Waals surface area (Å²) in [5.74, 6) is -0.221. The molecule has 0 atom stereocenters. The van der Waals surface area contributed by atoms with Gasteiger partial charge in [-0.2, -0.15) is 0 Å². The van der Waals surface area contributed by atoms with Crippen molar-refractivity contribution in [1.82, 2.24) is 4.90 Å². The van der Waals surface area contributed by atoms with Gasteiger partial charge in [0.15, 0.2) is 0 Å². The van der Waals surface area contributed by atoms with Crippen LogP contribution in [-0.2, 0) is 11.3 Å². The van der Waals surface area contributed by atoms with Crippen LogP contribution in [0.3, 0.4) is 0 Å². The molecule has 0 aliphatic carbocycles. The number of likely N-dealkylation sites (tertiary alicyclic amines) is 1. The number of rotatable bonds is 4. The first kappa shape index (κ1) is 16.0. The van der Waals surface area contributed by atoms with Gasteiger partial charge in [-0.05, 0) is 42.7 Å². The molecule has 0 bridgehead atoms. The van der Waals surface area contributed by atoms with Gasteiger partial charge in [-0.15, -0.1) is 0 Å². The highest BCUT2D eigenvalue weighted by Crippen LogP contribution is 2.18. The smallest absolute Gasteiger partial charge is 0.338 e. The van der Waals surface area contributed by atoms with Gasteiger partial charge in [0.25, 0.3) is 0 Å². The van der Waals surface area contributed by atoms with E-state index in [1.54, 1.807) is 12.1 Å². The van der Waals surface area contributed by atoms with Crippen molar-refractivity contribution in [1.29, 1.82) is 0 Å². The molecular formula is C19H20ClNO2. The van der Waals surface area contributed by atoms with Crippen molar-refractivity contribution in [3.05, 3.63) is 70.7 Å². The number of halogens is 1. The Labute approximate surface area is 141 Å². The lowest BCUT2D eigenvalue weighted by Crippen LogP contribution is -2.37. The second-order valence-electron chi connectivity index (χ2n) is 5.87. The molecule has 23 heavy (non-hydrogen) atoms. The highest BCUT2D eigenvalue weighted by atomic mass is 35.5. The Balaban J connectivity index is 1.47. The summed E-state index contributed by atoms with van der Waals surface area (Å²) in [6.07, 6.45) is 1.78. The molecule has 120 valence electrons. The van der Waals surface area contributed by atoms with Crippen molar-refractivity contribution in [2.24, 2.45) is 0 Å². The number of esters is 1. The van der Waals surface area contributed by atoms with Crippen molar-refractivity contribution >= 4 is 17.6 Å². The maximum absolute atomic E-state index is 12.1. The first-order valence-electron chi connectivity index (χ1n) is 7.93. The van der Waals surface area contributed by atoms with Crippen LogP contribution in [0.1, 0.15) is 28.8 Å². The molecule has 0 unspecified atom stereocenters. The SMILES string of the molecule is O=C(OC1CCN(Cc2ccc(Cl)cc2)CC1)c1ccccc1. The standard InChI is InChI=1S/C19H20ClNO2/c20-17-8-6-15(7-9-17)14-21-12-10-18(11-13-21)23-19(22)16-4-2-1-3-5-16/h1-9,18H,10-14H2. The van der Waals surface area contributed by atoms with Crippen LogP contribution in [0.5, 0.6) is 0 Å². The summed E-state index contributed by atoms with van der Waals surface area (Å²) in [6, 6.07) is 17.1. The van der Waals surface area contributed by atoms with Crippen molar-refractivity contribution in [3.8, 4) is 0 Å². The van der Waals surface area contributed by atoms with Gasteiger partial charge >= 0.3 is 5.97 Å². The van der Waals surface area contributed by atoms with E-state index in [0.29, 0.717) is 5.56 Å². The molecule has 1 saturated heterocycles. The first-order valence-corrected chi connectivity index (χ1v) is 8.31. The van der Waals surface area contributed by atoms with Crippen LogP contribution in [0, 0.1) is 0 Å². The predicted octanol–water partition coefficient (Wildman–Crippen LogP) is 4.16. The van der Waals surface area contributed by atoms with Crippen LogP contribution in [0.15, 0.2) is 54.6 Å². The molecule has 3 nitrogen and oxygen atoms in total. The zero-order valence-electron chi connectivity index (χ0n) is 13.0. The molecule has 0 radical (unpaired) electrons. The molecule has 2 aromatic rings. The molecule has 0 aromatic heterocycles. The number of hydrogen-bond donors (Lipinski definition) is 0. The lowest BCUT2D eigenvalue weighted by atomic mass is 10.1. The summed E-state index contributed by atoms with van der Waals surface area (Å²) in [5, 5.41) is 0.764. The van der Waals surface area contributed by atoms with E-state index in [4.69, 9.17) is 16.3 Å². The Bertz CT molecular complexity index is 634. The summed E-state index contributed by atoms with van der Waals surface area (Å²) in [4.78, 5) is 14.5. The predicted molar refractivity (Wildman–Crippen MR) is 91.6 cm³/mol. The van der Waals surface area contributed by atoms with Crippen LogP contribution in [0.2, 0.25) is 5.02 Å². The molecule has 3 rings (SSSR count). The minimum absolute atomic E-state index is 0.0178. The third-order valence-electron chi connectivity index (χ3n) is 4.14. The van der Waals surface area contributed by atoms with E-state index in [1.165, 1.54) is 5.56 Å². The fraction of sp³-hybridized carbons (Fsp3) is 0.316. The molecular weight excluding hydrogens is 310 g/mol. The summed E-state index contributed by atoms with van der Waals surface area (Å²) in [6.45, 7) is 2.79. The van der Waals surface area contributed by atoms with E-state index in [0.717, 1.165) is 37.5 Å². The minimum Gasteiger partial charge on any atom is -0.459 e. The fourth-order valence-corrected chi connectivity index (χ4v) is 2.95. The van der Waals surface area contributed by atoms with E-state index < -0.39 is 0 Å². The van der Waals surface area contributed by atoms with E-state index in [9.17, 15) is 4.79 Å². The zero-order valence-corrected chi connectivity index (χ0v) is 13.7. The molecule has 2 aromatic carbocycles. The highest BCUT2D eigenvalue weighted by molar-refractivity contribution is 6.30. The average molecular weight is 330 g/mol. The molecule has 1 heterocycles. The third-order valence-corrected chi connectivity index (χ3v) is 4.39. The Morgan fingerprint density at radius 1 is 1.04 bits per heavy atom. The van der Waals surface area contributed by atoms with Crippen molar-refractivity contribution < 1.29 is 9.53 Å². The summed E-state index contributed by atoms with van der Waals surface area (Å²) in [7, 11) is 0. The minimum atomic E-state index is -0.221. The van der Waals surface area contributed by atoms with E-state index in [1.807, 2.05) is 30.3 Å². The van der Waals surface area contributed by atoms with Crippen molar-refractivity contribution in [2.45, 2.75) is 25.5 Å². The number of benzene rings is 2. The number of nitrogens with zero attached hydrogens (tertiary/aromatic N) is 1. The summed E-state index contributed by atoms with van der Waals surface area (Å²) < 4.78 is 5.61. The normalized spacial score (nSPS) is 16.2. The number of ether oxygens (including phenoxy) is 1. The van der Waals surface area contributed by atoms with Gasteiger partial charge in [0, 0.05) is 24.7 Å². The Hall–Kier alpha value is -1.84. The Morgan fingerprint density at radius 3 is 2.35 bits per heavy atom. The Morgan fingerprint density at radius 2 is 1.70 bits per heavy atom. The quantitative estimate of drug-likeness (QED) is 0.789. The molecule has 1 aliphatic rings. The average Bonchev–Trinajstić information content (AvgIpc) is 2.59. The Kier molecular flexibility index (Phi) is 5.31. The largest absolute Gasteiger partial charge is 0.459 e. The maximum Gasteiger partial charge on any atom is 0.338 e. The molecule has 1 aliphatic heterocycles. The van der Waals surface area contributed by atoms with Crippen LogP contribution >= 0.6 is 11.6 Å². The fourth-order valence-electron chi connectivity index (χ4n) is 2.83.